The lowest BCUT2D eigenvalue weighted by Crippen LogP contribution is -2.36. The number of rotatable bonds is 8. The van der Waals surface area contributed by atoms with Crippen LogP contribution in [0.5, 0.6) is 0 Å². The lowest BCUT2D eigenvalue weighted by Gasteiger charge is -2.21. The number of hydrazine groups is 1. The molecule has 1 rings (SSSR count). The number of sulfonamides is 1. The van der Waals surface area contributed by atoms with E-state index in [2.05, 4.69) is 10.4 Å². The molecule has 0 radical (unpaired) electrons. The minimum atomic E-state index is -3.79. The molecule has 1 heterocycles. The molecule has 0 aliphatic heterocycles. The topological polar surface area (TPSA) is 118 Å². The highest BCUT2D eigenvalue weighted by atomic mass is 32.2. The highest BCUT2D eigenvalue weighted by molar-refractivity contribution is 7.89. The lowest BCUT2D eigenvalue weighted by atomic mass is 10.4. The summed E-state index contributed by atoms with van der Waals surface area (Å²) < 4.78 is 30.8. The average molecular weight is 290 g/mol. The number of pyridine rings is 1. The van der Waals surface area contributed by atoms with Crippen molar-refractivity contribution in [1.29, 1.82) is 0 Å². The van der Waals surface area contributed by atoms with Crippen molar-refractivity contribution < 1.29 is 18.3 Å². The molecule has 0 aliphatic carbocycles. The van der Waals surface area contributed by atoms with Gasteiger partial charge in [-0.25, -0.2) is 8.42 Å². The van der Waals surface area contributed by atoms with Crippen LogP contribution in [-0.2, 0) is 14.8 Å². The summed E-state index contributed by atoms with van der Waals surface area (Å²) >= 11 is 0. The summed E-state index contributed by atoms with van der Waals surface area (Å²) in [5, 5.41) is 8.97. The van der Waals surface area contributed by atoms with E-state index in [9.17, 15) is 8.42 Å². The molecule has 0 unspecified atom stereocenters. The number of ether oxygens (including phenoxy) is 1. The van der Waals surface area contributed by atoms with Gasteiger partial charge in [0, 0.05) is 32.6 Å². The van der Waals surface area contributed by atoms with Gasteiger partial charge < -0.3 is 15.3 Å². The number of aromatic nitrogens is 1. The molecule has 9 heteroatoms. The summed E-state index contributed by atoms with van der Waals surface area (Å²) in [5.74, 6) is 5.29. The minimum absolute atomic E-state index is 0.0232. The smallest absolute Gasteiger partial charge is 0.246 e. The molecule has 0 aliphatic rings. The third kappa shape index (κ3) is 3.85. The van der Waals surface area contributed by atoms with E-state index in [1.54, 1.807) is 0 Å². The van der Waals surface area contributed by atoms with Crippen molar-refractivity contribution in [3.05, 3.63) is 18.5 Å². The van der Waals surface area contributed by atoms with Gasteiger partial charge in [-0.15, -0.1) is 0 Å². The molecule has 19 heavy (non-hydrogen) atoms. The van der Waals surface area contributed by atoms with E-state index in [0.29, 0.717) is 0 Å². The van der Waals surface area contributed by atoms with E-state index in [0.717, 1.165) is 4.31 Å². The van der Waals surface area contributed by atoms with Crippen molar-refractivity contribution in [1.82, 2.24) is 9.29 Å². The number of hydrogen-bond acceptors (Lipinski definition) is 7. The monoisotopic (exact) mass is 290 g/mol. The summed E-state index contributed by atoms with van der Waals surface area (Å²) in [4.78, 5) is 3.75. The summed E-state index contributed by atoms with van der Waals surface area (Å²) in [6.07, 6.45) is 2.64. The molecule has 0 bridgehead atoms. The van der Waals surface area contributed by atoms with Gasteiger partial charge in [0.1, 0.15) is 4.90 Å². The van der Waals surface area contributed by atoms with E-state index in [-0.39, 0.29) is 36.9 Å². The van der Waals surface area contributed by atoms with Crippen molar-refractivity contribution in [3.8, 4) is 0 Å². The fraction of sp³-hybridized carbons (Fsp3) is 0.500. The number of anilines is 1. The second kappa shape index (κ2) is 7.36. The van der Waals surface area contributed by atoms with Crippen LogP contribution in [0.4, 0.5) is 5.69 Å². The van der Waals surface area contributed by atoms with Gasteiger partial charge in [0.2, 0.25) is 10.0 Å². The Bertz CT molecular complexity index is 494. The number of methoxy groups -OCH3 is 1. The van der Waals surface area contributed by atoms with Crippen LogP contribution >= 0.6 is 0 Å². The number of hydrogen-bond donors (Lipinski definition) is 3. The molecule has 0 spiro atoms. The quantitative estimate of drug-likeness (QED) is 0.415. The maximum atomic E-state index is 12.4. The van der Waals surface area contributed by atoms with E-state index in [1.807, 2.05) is 0 Å². The zero-order valence-electron chi connectivity index (χ0n) is 10.6. The largest absolute Gasteiger partial charge is 0.395 e. The van der Waals surface area contributed by atoms with Gasteiger partial charge in [0.25, 0.3) is 0 Å². The second-order valence-electron chi connectivity index (χ2n) is 3.64. The fourth-order valence-corrected chi connectivity index (χ4v) is 3.01. The summed E-state index contributed by atoms with van der Waals surface area (Å²) in [6, 6.07) is 1.46. The number of nitrogens with one attached hydrogen (secondary N) is 1. The standard InChI is InChI=1S/C10H18N4O4S/c1-18-7-5-14(4-6-15)19(16,17)10-8-12-3-2-9(10)13-11/h2-3,8,15H,4-7,11H2,1H3,(H,12,13). The van der Waals surface area contributed by atoms with Crippen molar-refractivity contribution in [2.45, 2.75) is 4.90 Å². The molecule has 0 amide bonds. The Balaban J connectivity index is 3.11. The molecule has 8 nitrogen and oxygen atoms in total. The first-order valence-corrected chi connectivity index (χ1v) is 7.02. The Morgan fingerprint density at radius 2 is 2.26 bits per heavy atom. The number of nitrogens with zero attached hydrogens (tertiary/aromatic N) is 2. The maximum absolute atomic E-state index is 12.4. The molecule has 1 aromatic rings. The van der Waals surface area contributed by atoms with Gasteiger partial charge in [-0.1, -0.05) is 0 Å². The lowest BCUT2D eigenvalue weighted by molar-refractivity contribution is 0.168. The third-order valence-electron chi connectivity index (χ3n) is 2.45. The van der Waals surface area contributed by atoms with Crippen molar-refractivity contribution in [2.24, 2.45) is 5.84 Å². The highest BCUT2D eigenvalue weighted by Gasteiger charge is 2.26. The molecule has 0 fully saturated rings. The molecule has 4 N–H and O–H groups in total. The number of aliphatic hydroxyl groups excluding tert-OH is 1. The molecule has 0 aromatic carbocycles. The summed E-state index contributed by atoms with van der Waals surface area (Å²) in [6.45, 7) is 0.0579. The van der Waals surface area contributed by atoms with Crippen LogP contribution in [0.2, 0.25) is 0 Å². The van der Waals surface area contributed by atoms with Gasteiger partial charge in [-0.3, -0.25) is 10.8 Å². The van der Waals surface area contributed by atoms with Crippen LogP contribution in [0.3, 0.4) is 0 Å². The number of nitrogen functional groups attached to an aromatic ring is 1. The zero-order chi connectivity index (χ0) is 14.3. The van der Waals surface area contributed by atoms with Crippen molar-refractivity contribution >= 4 is 15.7 Å². The number of aliphatic hydroxyl groups is 1. The summed E-state index contributed by atoms with van der Waals surface area (Å²) in [5.41, 5.74) is 2.56. The van der Waals surface area contributed by atoms with Crippen LogP contribution in [0.25, 0.3) is 0 Å². The van der Waals surface area contributed by atoms with Crippen molar-refractivity contribution in [3.63, 3.8) is 0 Å². The second-order valence-corrected chi connectivity index (χ2v) is 5.54. The highest BCUT2D eigenvalue weighted by Crippen LogP contribution is 2.22. The van der Waals surface area contributed by atoms with Crippen LogP contribution in [-0.4, -0.2) is 56.2 Å². The van der Waals surface area contributed by atoms with Crippen LogP contribution in [0, 0.1) is 0 Å². The fourth-order valence-electron chi connectivity index (χ4n) is 1.50. The predicted octanol–water partition coefficient (Wildman–Crippen LogP) is -1.00. The van der Waals surface area contributed by atoms with Crippen LogP contribution < -0.4 is 11.3 Å². The Morgan fingerprint density at radius 3 is 2.84 bits per heavy atom. The SMILES string of the molecule is COCCN(CCO)S(=O)(=O)c1cnccc1NN. The van der Waals surface area contributed by atoms with Crippen LogP contribution in [0.1, 0.15) is 0 Å². The van der Waals surface area contributed by atoms with E-state index in [4.69, 9.17) is 15.7 Å². The zero-order valence-corrected chi connectivity index (χ0v) is 11.4. The van der Waals surface area contributed by atoms with E-state index < -0.39 is 10.0 Å². The number of nitrogens with two attached hydrogens (primary N) is 1. The Labute approximate surface area is 112 Å². The predicted molar refractivity (Wildman–Crippen MR) is 69.8 cm³/mol. The minimum Gasteiger partial charge on any atom is -0.395 e. The third-order valence-corrected chi connectivity index (χ3v) is 4.38. The van der Waals surface area contributed by atoms with E-state index >= 15 is 0 Å². The van der Waals surface area contributed by atoms with Gasteiger partial charge >= 0.3 is 0 Å². The average Bonchev–Trinajstić information content (AvgIpc) is 2.43. The van der Waals surface area contributed by atoms with Gasteiger partial charge in [0.05, 0.1) is 18.9 Å². The molecule has 108 valence electrons. The van der Waals surface area contributed by atoms with Crippen LogP contribution in [0.15, 0.2) is 23.4 Å². The first kappa shape index (κ1) is 15.8. The first-order chi connectivity index (χ1) is 9.07. The molecule has 1 aromatic heterocycles. The molecule has 0 saturated heterocycles. The Morgan fingerprint density at radius 1 is 1.53 bits per heavy atom. The van der Waals surface area contributed by atoms with Gasteiger partial charge in [-0.2, -0.15) is 4.31 Å². The Hall–Kier alpha value is -1.26. The first-order valence-electron chi connectivity index (χ1n) is 5.58. The Kier molecular flexibility index (Phi) is 6.12. The normalized spacial score (nSPS) is 11.8. The van der Waals surface area contributed by atoms with Gasteiger partial charge in [0.15, 0.2) is 0 Å². The van der Waals surface area contributed by atoms with E-state index in [1.165, 1.54) is 25.6 Å². The summed E-state index contributed by atoms with van der Waals surface area (Å²) in [7, 11) is -2.32. The molecular weight excluding hydrogens is 272 g/mol. The van der Waals surface area contributed by atoms with Crippen molar-refractivity contribution in [2.75, 3.05) is 38.8 Å². The molecule has 0 saturated carbocycles. The molecular formula is C10H18N4O4S. The van der Waals surface area contributed by atoms with Gasteiger partial charge in [-0.05, 0) is 6.07 Å². The molecule has 0 atom stereocenters. The maximum Gasteiger partial charge on any atom is 0.246 e.